The summed E-state index contributed by atoms with van der Waals surface area (Å²) in [6.07, 6.45) is 3.16. The first-order valence-corrected chi connectivity index (χ1v) is 4.44. The van der Waals surface area contributed by atoms with E-state index in [2.05, 4.69) is 34.3 Å². The number of halogens is 1. The predicted octanol–water partition coefficient (Wildman–Crippen LogP) is 2.87. The lowest BCUT2D eigenvalue weighted by Gasteiger charge is -1.84. The fraction of sp³-hybridized carbons (Fsp3) is 0.333. The lowest BCUT2D eigenvalue weighted by Crippen LogP contribution is -1.74. The third-order valence-electron chi connectivity index (χ3n) is 0.873. The maximum absolute atomic E-state index is 4.18. The first-order valence-electron chi connectivity index (χ1n) is 2.77. The summed E-state index contributed by atoms with van der Waals surface area (Å²) in [6.45, 7) is 2.11. The van der Waals surface area contributed by atoms with Crippen molar-refractivity contribution >= 4 is 27.3 Å². The second-order valence-corrected chi connectivity index (χ2v) is 3.32. The van der Waals surface area contributed by atoms with Crippen LogP contribution in [-0.4, -0.2) is 4.98 Å². The Labute approximate surface area is 67.3 Å². The molecule has 0 N–H and O–H groups in total. The van der Waals surface area contributed by atoms with Gasteiger partial charge in [-0.15, -0.1) is 11.3 Å². The number of aromatic nitrogens is 1. The topological polar surface area (TPSA) is 12.9 Å². The molecule has 0 amide bonds. The first-order chi connectivity index (χ1) is 4.33. The molecule has 0 atom stereocenters. The van der Waals surface area contributed by atoms with Crippen LogP contribution in [-0.2, 0) is 0 Å². The van der Waals surface area contributed by atoms with E-state index in [1.165, 1.54) is 0 Å². The summed E-state index contributed by atoms with van der Waals surface area (Å²) < 4.78 is 0.937. The van der Waals surface area contributed by atoms with E-state index in [0.717, 1.165) is 16.0 Å². The van der Waals surface area contributed by atoms with Crippen LogP contribution < -0.4 is 0 Å². The molecule has 0 aromatic carbocycles. The average Bonchev–Trinajstić information content (AvgIpc) is 2.17. The van der Waals surface area contributed by atoms with Crippen molar-refractivity contribution in [1.82, 2.24) is 4.98 Å². The number of hydrogen-bond acceptors (Lipinski definition) is 2. The highest BCUT2D eigenvalue weighted by Crippen LogP contribution is 2.16. The molecule has 1 nitrogen and oxygen atoms in total. The maximum Gasteiger partial charge on any atom is 0.117 e. The van der Waals surface area contributed by atoms with Crippen molar-refractivity contribution in [2.75, 3.05) is 0 Å². The van der Waals surface area contributed by atoms with E-state index in [9.17, 15) is 0 Å². The maximum atomic E-state index is 4.18. The molecule has 0 aliphatic heterocycles. The van der Waals surface area contributed by atoms with Crippen LogP contribution in [0.5, 0.6) is 0 Å². The van der Waals surface area contributed by atoms with Gasteiger partial charge >= 0.3 is 0 Å². The highest BCUT2D eigenvalue weighted by atomic mass is 79.9. The Balaban J connectivity index is 2.61. The molecule has 0 spiro atoms. The molecule has 1 radical (unpaired) electrons. The van der Waals surface area contributed by atoms with Gasteiger partial charge in [-0.2, -0.15) is 0 Å². The molecule has 0 saturated carbocycles. The van der Waals surface area contributed by atoms with E-state index in [4.69, 9.17) is 0 Å². The second kappa shape index (κ2) is 3.32. The molecule has 1 rings (SSSR count). The van der Waals surface area contributed by atoms with Gasteiger partial charge < -0.3 is 0 Å². The van der Waals surface area contributed by atoms with E-state index >= 15 is 0 Å². The zero-order valence-corrected chi connectivity index (χ0v) is 7.50. The molecule has 1 aromatic rings. The van der Waals surface area contributed by atoms with Gasteiger partial charge in [0.15, 0.2) is 0 Å². The summed E-state index contributed by atoms with van der Waals surface area (Å²) >= 11 is 4.94. The van der Waals surface area contributed by atoms with E-state index in [1.54, 1.807) is 11.3 Å². The SMILES string of the molecule is CC[CH]c1nc(Br)cs1. The summed E-state index contributed by atoms with van der Waals surface area (Å²) in [5.74, 6) is 0. The summed E-state index contributed by atoms with van der Waals surface area (Å²) in [5.41, 5.74) is 0. The zero-order valence-electron chi connectivity index (χ0n) is 5.10. The highest BCUT2D eigenvalue weighted by Gasteiger charge is 1.95. The lowest BCUT2D eigenvalue weighted by molar-refractivity contribution is 1.09. The highest BCUT2D eigenvalue weighted by molar-refractivity contribution is 9.10. The number of nitrogens with zero attached hydrogens (tertiary/aromatic N) is 1. The van der Waals surface area contributed by atoms with Gasteiger partial charge in [-0.25, -0.2) is 4.98 Å². The number of rotatable bonds is 2. The van der Waals surface area contributed by atoms with Crippen LogP contribution in [0.25, 0.3) is 0 Å². The Hall–Kier alpha value is 0.110. The van der Waals surface area contributed by atoms with Gasteiger partial charge in [-0.05, 0) is 22.4 Å². The minimum Gasteiger partial charge on any atom is -0.234 e. The zero-order chi connectivity index (χ0) is 6.69. The average molecular weight is 205 g/mol. The van der Waals surface area contributed by atoms with Crippen molar-refractivity contribution in [3.8, 4) is 0 Å². The Morgan fingerprint density at radius 3 is 3.11 bits per heavy atom. The third kappa shape index (κ3) is 2.06. The molecule has 0 aliphatic carbocycles. The molecule has 1 heterocycles. The van der Waals surface area contributed by atoms with Crippen LogP contribution in [0.4, 0.5) is 0 Å². The predicted molar refractivity (Wildman–Crippen MR) is 43.5 cm³/mol. The minimum absolute atomic E-state index is 0.937. The van der Waals surface area contributed by atoms with Crippen molar-refractivity contribution in [2.45, 2.75) is 13.3 Å². The first kappa shape index (κ1) is 7.22. The van der Waals surface area contributed by atoms with Crippen LogP contribution in [0.1, 0.15) is 18.4 Å². The van der Waals surface area contributed by atoms with E-state index in [-0.39, 0.29) is 0 Å². The quantitative estimate of drug-likeness (QED) is 0.723. The fourth-order valence-corrected chi connectivity index (χ4v) is 1.81. The van der Waals surface area contributed by atoms with Crippen LogP contribution >= 0.6 is 27.3 Å². The second-order valence-electron chi connectivity index (χ2n) is 1.62. The fourth-order valence-electron chi connectivity index (χ4n) is 0.535. The standard InChI is InChI=1S/C6H7BrNS/c1-2-3-6-8-5(7)4-9-6/h3-4H,2H2,1H3. The molecule has 0 unspecified atom stereocenters. The largest absolute Gasteiger partial charge is 0.234 e. The third-order valence-corrected chi connectivity index (χ3v) is 2.42. The van der Waals surface area contributed by atoms with Gasteiger partial charge in [0.25, 0.3) is 0 Å². The van der Waals surface area contributed by atoms with Gasteiger partial charge in [0.2, 0.25) is 0 Å². The van der Waals surface area contributed by atoms with Crippen LogP contribution in [0, 0.1) is 6.42 Å². The summed E-state index contributed by atoms with van der Waals surface area (Å²) in [5, 5.41) is 3.09. The normalized spacial score (nSPS) is 10.0. The molecule has 0 saturated heterocycles. The van der Waals surface area contributed by atoms with Crippen molar-refractivity contribution in [3.63, 3.8) is 0 Å². The summed E-state index contributed by atoms with van der Waals surface area (Å²) in [7, 11) is 0. The molecule has 0 fully saturated rings. The van der Waals surface area contributed by atoms with Gasteiger partial charge in [-0.3, -0.25) is 0 Å². The Morgan fingerprint density at radius 2 is 2.67 bits per heavy atom. The minimum atomic E-state index is 0.937. The van der Waals surface area contributed by atoms with Gasteiger partial charge in [0.05, 0.1) is 5.01 Å². The molecule has 3 heteroatoms. The van der Waals surface area contributed by atoms with Gasteiger partial charge in [-0.1, -0.05) is 6.92 Å². The van der Waals surface area contributed by atoms with Crippen molar-refractivity contribution < 1.29 is 0 Å². The van der Waals surface area contributed by atoms with Crippen molar-refractivity contribution in [1.29, 1.82) is 0 Å². The molecule has 9 heavy (non-hydrogen) atoms. The van der Waals surface area contributed by atoms with E-state index < -0.39 is 0 Å². The van der Waals surface area contributed by atoms with Crippen LogP contribution in [0.3, 0.4) is 0 Å². The van der Waals surface area contributed by atoms with Crippen LogP contribution in [0.2, 0.25) is 0 Å². The Bertz CT molecular complexity index is 185. The van der Waals surface area contributed by atoms with E-state index in [0.29, 0.717) is 0 Å². The molecule has 49 valence electrons. The number of hydrogen-bond donors (Lipinski definition) is 0. The van der Waals surface area contributed by atoms with E-state index in [1.807, 2.05) is 5.38 Å². The molecule has 0 aliphatic rings. The summed E-state index contributed by atoms with van der Waals surface area (Å²) in [6, 6.07) is 0. The molecule has 1 aromatic heterocycles. The van der Waals surface area contributed by atoms with Gasteiger partial charge in [0.1, 0.15) is 4.60 Å². The van der Waals surface area contributed by atoms with Crippen molar-refractivity contribution in [2.24, 2.45) is 0 Å². The molecular formula is C6H7BrNS. The monoisotopic (exact) mass is 204 g/mol. The molecule has 0 bridgehead atoms. The number of thiazole rings is 1. The lowest BCUT2D eigenvalue weighted by atomic mass is 10.4. The summed E-state index contributed by atoms with van der Waals surface area (Å²) in [4.78, 5) is 4.18. The molecular weight excluding hydrogens is 198 g/mol. The van der Waals surface area contributed by atoms with Crippen LogP contribution in [0.15, 0.2) is 9.98 Å². The van der Waals surface area contributed by atoms with Gasteiger partial charge in [0, 0.05) is 11.8 Å². The van der Waals surface area contributed by atoms with Crippen molar-refractivity contribution in [3.05, 3.63) is 21.4 Å². The smallest absolute Gasteiger partial charge is 0.117 e. The Morgan fingerprint density at radius 1 is 1.89 bits per heavy atom. The Kier molecular flexibility index (Phi) is 2.66.